The molecular formula is C14H19IN2O2. The molecule has 0 aromatic heterocycles. The Morgan fingerprint density at radius 3 is 2.89 bits per heavy atom. The SMILES string of the molecule is CCNC(=O)C1COCCN1Cc1ccc(I)cc1. The number of amides is 1. The minimum atomic E-state index is -0.173. The summed E-state index contributed by atoms with van der Waals surface area (Å²) in [5.74, 6) is 0.0627. The van der Waals surface area contributed by atoms with Crippen LogP contribution in [0.25, 0.3) is 0 Å². The summed E-state index contributed by atoms with van der Waals surface area (Å²) in [6, 6.07) is 8.25. The van der Waals surface area contributed by atoms with Crippen molar-refractivity contribution in [3.63, 3.8) is 0 Å². The number of hydrogen-bond acceptors (Lipinski definition) is 3. The first-order chi connectivity index (χ1) is 9.20. The predicted molar refractivity (Wildman–Crippen MR) is 82.9 cm³/mol. The van der Waals surface area contributed by atoms with Crippen LogP contribution in [0.1, 0.15) is 12.5 Å². The lowest BCUT2D eigenvalue weighted by Crippen LogP contribution is -2.53. The van der Waals surface area contributed by atoms with E-state index in [1.54, 1.807) is 0 Å². The van der Waals surface area contributed by atoms with Crippen LogP contribution in [-0.4, -0.2) is 43.2 Å². The molecule has 1 fully saturated rings. The number of carbonyl (C=O) groups excluding carboxylic acids is 1. The fourth-order valence-electron chi connectivity index (χ4n) is 2.19. The van der Waals surface area contributed by atoms with E-state index < -0.39 is 0 Å². The third kappa shape index (κ3) is 4.15. The number of likely N-dealkylation sites (N-methyl/N-ethyl adjacent to an activating group) is 1. The fraction of sp³-hybridized carbons (Fsp3) is 0.500. The quantitative estimate of drug-likeness (QED) is 0.815. The molecule has 0 aliphatic carbocycles. The summed E-state index contributed by atoms with van der Waals surface area (Å²) in [7, 11) is 0. The highest BCUT2D eigenvalue weighted by molar-refractivity contribution is 14.1. The topological polar surface area (TPSA) is 41.6 Å². The van der Waals surface area contributed by atoms with E-state index in [1.165, 1.54) is 9.13 Å². The highest BCUT2D eigenvalue weighted by Gasteiger charge is 2.28. The van der Waals surface area contributed by atoms with Gasteiger partial charge in [0.1, 0.15) is 6.04 Å². The molecule has 1 aromatic carbocycles. The Balaban J connectivity index is 2.03. The van der Waals surface area contributed by atoms with Gasteiger partial charge in [-0.05, 0) is 47.2 Å². The average molecular weight is 374 g/mol. The van der Waals surface area contributed by atoms with Gasteiger partial charge >= 0.3 is 0 Å². The summed E-state index contributed by atoms with van der Waals surface area (Å²) in [6.45, 7) is 5.37. The second-order valence-electron chi connectivity index (χ2n) is 4.58. The van der Waals surface area contributed by atoms with Crippen LogP contribution in [0.3, 0.4) is 0 Å². The first-order valence-corrected chi connectivity index (χ1v) is 7.62. The van der Waals surface area contributed by atoms with Gasteiger partial charge in [0.2, 0.25) is 5.91 Å². The minimum absolute atomic E-state index is 0.0627. The molecule has 4 nitrogen and oxygen atoms in total. The molecule has 1 saturated heterocycles. The molecule has 0 spiro atoms. The lowest BCUT2D eigenvalue weighted by atomic mass is 10.1. The van der Waals surface area contributed by atoms with E-state index in [9.17, 15) is 4.79 Å². The summed E-state index contributed by atoms with van der Waals surface area (Å²) in [5, 5.41) is 2.88. The van der Waals surface area contributed by atoms with Gasteiger partial charge in [-0.1, -0.05) is 12.1 Å². The highest BCUT2D eigenvalue weighted by atomic mass is 127. The Labute approximate surface area is 127 Å². The van der Waals surface area contributed by atoms with Crippen molar-refractivity contribution in [1.82, 2.24) is 10.2 Å². The number of rotatable bonds is 4. The van der Waals surface area contributed by atoms with Crippen LogP contribution in [0.4, 0.5) is 0 Å². The van der Waals surface area contributed by atoms with Gasteiger partial charge in [-0.15, -0.1) is 0 Å². The molecule has 0 bridgehead atoms. The number of carbonyl (C=O) groups is 1. The van der Waals surface area contributed by atoms with Gasteiger partial charge in [0.25, 0.3) is 0 Å². The van der Waals surface area contributed by atoms with Gasteiger partial charge in [0.15, 0.2) is 0 Å². The Bertz CT molecular complexity index is 422. The maximum Gasteiger partial charge on any atom is 0.239 e. The molecule has 1 atom stereocenters. The monoisotopic (exact) mass is 374 g/mol. The first kappa shape index (κ1) is 14.7. The van der Waals surface area contributed by atoms with Crippen molar-refractivity contribution >= 4 is 28.5 Å². The lowest BCUT2D eigenvalue weighted by molar-refractivity contribution is -0.132. The molecule has 1 aromatic rings. The molecule has 1 amide bonds. The van der Waals surface area contributed by atoms with Crippen molar-refractivity contribution < 1.29 is 9.53 Å². The number of hydrogen-bond donors (Lipinski definition) is 1. The summed E-state index contributed by atoms with van der Waals surface area (Å²) in [5.41, 5.74) is 1.23. The van der Waals surface area contributed by atoms with Crippen LogP contribution < -0.4 is 5.32 Å². The molecule has 104 valence electrons. The zero-order chi connectivity index (χ0) is 13.7. The highest BCUT2D eigenvalue weighted by Crippen LogP contribution is 2.14. The molecule has 1 heterocycles. The largest absolute Gasteiger partial charge is 0.378 e. The van der Waals surface area contributed by atoms with Gasteiger partial charge in [-0.25, -0.2) is 0 Å². The maximum atomic E-state index is 12.0. The van der Waals surface area contributed by atoms with Crippen LogP contribution in [0.15, 0.2) is 24.3 Å². The van der Waals surface area contributed by atoms with E-state index >= 15 is 0 Å². The number of ether oxygens (including phenoxy) is 1. The van der Waals surface area contributed by atoms with Crippen molar-refractivity contribution in [1.29, 1.82) is 0 Å². The molecule has 1 aliphatic rings. The first-order valence-electron chi connectivity index (χ1n) is 6.54. The third-order valence-corrected chi connectivity index (χ3v) is 3.91. The molecule has 1 aliphatic heterocycles. The molecule has 1 unspecified atom stereocenters. The van der Waals surface area contributed by atoms with Crippen LogP contribution in [0.5, 0.6) is 0 Å². The molecular weight excluding hydrogens is 355 g/mol. The summed E-state index contributed by atoms with van der Waals surface area (Å²) >= 11 is 2.30. The lowest BCUT2D eigenvalue weighted by Gasteiger charge is -2.34. The summed E-state index contributed by atoms with van der Waals surface area (Å²) in [6.07, 6.45) is 0. The molecule has 0 radical (unpaired) electrons. The second kappa shape index (κ2) is 7.21. The Hall–Kier alpha value is -0.660. The van der Waals surface area contributed by atoms with E-state index in [0.717, 1.165) is 13.1 Å². The van der Waals surface area contributed by atoms with Crippen molar-refractivity contribution in [3.05, 3.63) is 33.4 Å². The van der Waals surface area contributed by atoms with Crippen molar-refractivity contribution in [2.45, 2.75) is 19.5 Å². The smallest absolute Gasteiger partial charge is 0.239 e. The van der Waals surface area contributed by atoms with Gasteiger partial charge < -0.3 is 10.1 Å². The second-order valence-corrected chi connectivity index (χ2v) is 5.83. The van der Waals surface area contributed by atoms with E-state index in [0.29, 0.717) is 19.8 Å². The third-order valence-electron chi connectivity index (χ3n) is 3.19. The van der Waals surface area contributed by atoms with Gasteiger partial charge in [-0.3, -0.25) is 9.69 Å². The van der Waals surface area contributed by atoms with Crippen LogP contribution in [0, 0.1) is 3.57 Å². The minimum Gasteiger partial charge on any atom is -0.378 e. The van der Waals surface area contributed by atoms with Crippen LogP contribution in [0.2, 0.25) is 0 Å². The molecule has 1 N–H and O–H groups in total. The van der Waals surface area contributed by atoms with Gasteiger partial charge in [0.05, 0.1) is 13.2 Å². The number of halogens is 1. The normalized spacial score (nSPS) is 20.2. The van der Waals surface area contributed by atoms with Crippen LogP contribution >= 0.6 is 22.6 Å². The van der Waals surface area contributed by atoms with E-state index in [1.807, 2.05) is 6.92 Å². The van der Waals surface area contributed by atoms with E-state index in [2.05, 4.69) is 57.1 Å². The Kier molecular flexibility index (Phi) is 5.59. The predicted octanol–water partition coefficient (Wildman–Crippen LogP) is 1.63. The summed E-state index contributed by atoms with van der Waals surface area (Å²) in [4.78, 5) is 14.2. The standard InChI is InChI=1S/C14H19IN2O2/c1-2-16-14(18)13-10-19-8-7-17(13)9-11-3-5-12(15)6-4-11/h3-6,13H,2,7-10H2,1H3,(H,16,18). The number of nitrogens with one attached hydrogen (secondary N) is 1. The number of morpholine rings is 1. The molecule has 0 saturated carbocycles. The maximum absolute atomic E-state index is 12.0. The van der Waals surface area contributed by atoms with E-state index in [-0.39, 0.29) is 11.9 Å². The zero-order valence-corrected chi connectivity index (χ0v) is 13.2. The molecule has 5 heteroatoms. The fourth-order valence-corrected chi connectivity index (χ4v) is 2.54. The van der Waals surface area contributed by atoms with Crippen molar-refractivity contribution in [2.75, 3.05) is 26.3 Å². The van der Waals surface area contributed by atoms with Crippen molar-refractivity contribution in [2.24, 2.45) is 0 Å². The molecule has 2 rings (SSSR count). The van der Waals surface area contributed by atoms with Gasteiger partial charge in [0, 0.05) is 23.2 Å². The molecule has 19 heavy (non-hydrogen) atoms. The van der Waals surface area contributed by atoms with Gasteiger partial charge in [-0.2, -0.15) is 0 Å². The van der Waals surface area contributed by atoms with Crippen molar-refractivity contribution in [3.8, 4) is 0 Å². The van der Waals surface area contributed by atoms with Crippen LogP contribution in [-0.2, 0) is 16.1 Å². The average Bonchev–Trinajstić information content (AvgIpc) is 2.42. The zero-order valence-electron chi connectivity index (χ0n) is 11.1. The Morgan fingerprint density at radius 2 is 2.21 bits per heavy atom. The Morgan fingerprint density at radius 1 is 1.47 bits per heavy atom. The summed E-state index contributed by atoms with van der Waals surface area (Å²) < 4.78 is 6.66. The number of benzene rings is 1. The van der Waals surface area contributed by atoms with E-state index in [4.69, 9.17) is 4.74 Å². The number of nitrogens with zero attached hydrogens (tertiary/aromatic N) is 1.